The highest BCUT2D eigenvalue weighted by atomic mass is 79.9. The monoisotopic (exact) mass is 491 g/mol. The number of rotatable bonds is 7. The molecule has 160 valence electrons. The lowest BCUT2D eigenvalue weighted by Gasteiger charge is -2.32. The van der Waals surface area contributed by atoms with E-state index in [-0.39, 0.29) is 17.5 Å². The molecule has 0 aliphatic heterocycles. The van der Waals surface area contributed by atoms with Gasteiger partial charge in [0.1, 0.15) is 0 Å². The molecule has 3 rings (SSSR count). The predicted octanol–water partition coefficient (Wildman–Crippen LogP) is 4.23. The number of hydrogen-bond donors (Lipinski definition) is 1. The number of carbonyl (C=O) groups is 1. The molecule has 30 heavy (non-hydrogen) atoms. The molecule has 1 fully saturated rings. The Labute approximate surface area is 186 Å². The van der Waals surface area contributed by atoms with E-state index < -0.39 is 15.9 Å². The average Bonchev–Trinajstić information content (AvgIpc) is 2.74. The lowest BCUT2D eigenvalue weighted by atomic mass is 9.95. The summed E-state index contributed by atoms with van der Waals surface area (Å²) in [6.07, 6.45) is 6.08. The van der Waals surface area contributed by atoms with E-state index in [0.717, 1.165) is 47.7 Å². The van der Waals surface area contributed by atoms with Gasteiger partial charge >= 0.3 is 0 Å². The van der Waals surface area contributed by atoms with Crippen LogP contribution in [0.4, 0.5) is 0 Å². The Hall–Kier alpha value is -2.03. The van der Waals surface area contributed by atoms with Crippen LogP contribution in [0, 0.1) is 6.92 Å². The second kappa shape index (κ2) is 10.3. The van der Waals surface area contributed by atoms with Crippen molar-refractivity contribution >= 4 is 38.1 Å². The lowest BCUT2D eigenvalue weighted by Crippen LogP contribution is -2.46. The van der Waals surface area contributed by atoms with Crippen molar-refractivity contribution in [1.29, 1.82) is 0 Å². The first kappa shape index (κ1) is 22.7. The van der Waals surface area contributed by atoms with Gasteiger partial charge in [0.05, 0.1) is 17.7 Å². The molecule has 1 aliphatic carbocycles. The van der Waals surface area contributed by atoms with E-state index in [1.165, 1.54) is 10.5 Å². The Kier molecular flexibility index (Phi) is 7.80. The van der Waals surface area contributed by atoms with Gasteiger partial charge in [-0.3, -0.25) is 4.79 Å². The van der Waals surface area contributed by atoms with Gasteiger partial charge in [-0.05, 0) is 38.0 Å². The molecule has 0 atom stereocenters. The summed E-state index contributed by atoms with van der Waals surface area (Å²) >= 11 is 3.42. The summed E-state index contributed by atoms with van der Waals surface area (Å²) in [7, 11) is -3.78. The highest BCUT2D eigenvalue weighted by Gasteiger charge is 2.33. The molecule has 6 nitrogen and oxygen atoms in total. The first-order valence-electron chi connectivity index (χ1n) is 10.0. The fourth-order valence-corrected chi connectivity index (χ4v) is 5.58. The van der Waals surface area contributed by atoms with E-state index in [9.17, 15) is 13.2 Å². The number of halogens is 1. The van der Waals surface area contributed by atoms with Gasteiger partial charge in [-0.2, -0.15) is 9.41 Å². The number of sulfonamides is 1. The Morgan fingerprint density at radius 3 is 2.47 bits per heavy atom. The van der Waals surface area contributed by atoms with Crippen molar-refractivity contribution in [3.8, 4) is 0 Å². The van der Waals surface area contributed by atoms with Crippen molar-refractivity contribution < 1.29 is 13.2 Å². The maximum absolute atomic E-state index is 13.3. The van der Waals surface area contributed by atoms with Crippen LogP contribution >= 0.6 is 15.9 Å². The van der Waals surface area contributed by atoms with E-state index in [1.807, 2.05) is 31.2 Å². The minimum absolute atomic E-state index is 0.178. The second-order valence-corrected chi connectivity index (χ2v) is 10.2. The second-order valence-electron chi connectivity index (χ2n) is 7.47. The number of hydrazone groups is 1. The molecule has 0 bridgehead atoms. The largest absolute Gasteiger partial charge is 0.272 e. The van der Waals surface area contributed by atoms with Crippen molar-refractivity contribution in [2.24, 2.45) is 5.10 Å². The summed E-state index contributed by atoms with van der Waals surface area (Å²) in [5.41, 5.74) is 4.26. The number of carbonyl (C=O) groups excluding carboxylic acids is 1. The topological polar surface area (TPSA) is 78.8 Å². The number of nitrogens with zero attached hydrogens (tertiary/aromatic N) is 2. The van der Waals surface area contributed by atoms with Crippen LogP contribution in [0.3, 0.4) is 0 Å². The molecule has 1 aliphatic rings. The Bertz CT molecular complexity index is 1000. The van der Waals surface area contributed by atoms with Crippen LogP contribution in [-0.4, -0.2) is 37.4 Å². The molecule has 1 N–H and O–H groups in total. The smallest absolute Gasteiger partial charge is 0.255 e. The zero-order valence-electron chi connectivity index (χ0n) is 16.9. The number of aryl methyl sites for hydroxylation is 1. The number of amides is 1. The zero-order valence-corrected chi connectivity index (χ0v) is 19.3. The van der Waals surface area contributed by atoms with Crippen LogP contribution in [0.25, 0.3) is 0 Å². The maximum Gasteiger partial charge on any atom is 0.255 e. The van der Waals surface area contributed by atoms with E-state index in [2.05, 4.69) is 26.5 Å². The van der Waals surface area contributed by atoms with Gasteiger partial charge in [0.15, 0.2) is 0 Å². The molecular weight excluding hydrogens is 466 g/mol. The van der Waals surface area contributed by atoms with Gasteiger partial charge in [-0.1, -0.05) is 71.1 Å². The van der Waals surface area contributed by atoms with Gasteiger partial charge in [-0.15, -0.1) is 0 Å². The van der Waals surface area contributed by atoms with Crippen LogP contribution in [0.2, 0.25) is 0 Å². The van der Waals surface area contributed by atoms with E-state index in [4.69, 9.17) is 0 Å². The number of benzene rings is 2. The molecule has 0 unspecified atom stereocenters. The van der Waals surface area contributed by atoms with Gasteiger partial charge < -0.3 is 0 Å². The first-order valence-corrected chi connectivity index (χ1v) is 12.3. The molecule has 1 amide bonds. The fraction of sp³-hybridized carbons (Fsp3) is 0.364. The quantitative estimate of drug-likeness (QED) is 0.464. The maximum atomic E-state index is 13.3. The lowest BCUT2D eigenvalue weighted by molar-refractivity contribution is -0.121. The highest BCUT2D eigenvalue weighted by Crippen LogP contribution is 2.27. The summed E-state index contributed by atoms with van der Waals surface area (Å²) < 4.78 is 28.8. The van der Waals surface area contributed by atoms with Crippen LogP contribution in [-0.2, 0) is 14.8 Å². The molecule has 0 heterocycles. The molecular formula is C22H26BrN3O3S. The summed E-state index contributed by atoms with van der Waals surface area (Å²) in [6, 6.07) is 14.1. The number of hydrogen-bond acceptors (Lipinski definition) is 4. The van der Waals surface area contributed by atoms with E-state index in [0.29, 0.717) is 0 Å². The van der Waals surface area contributed by atoms with Crippen LogP contribution < -0.4 is 5.43 Å². The molecule has 0 saturated heterocycles. The summed E-state index contributed by atoms with van der Waals surface area (Å²) in [5.74, 6) is -0.459. The third-order valence-electron chi connectivity index (χ3n) is 5.21. The van der Waals surface area contributed by atoms with Crippen molar-refractivity contribution in [3.63, 3.8) is 0 Å². The van der Waals surface area contributed by atoms with Crippen LogP contribution in [0.1, 0.15) is 43.2 Å². The molecule has 8 heteroatoms. The van der Waals surface area contributed by atoms with E-state index in [1.54, 1.807) is 24.3 Å². The summed E-state index contributed by atoms with van der Waals surface area (Å²) in [6.45, 7) is 1.65. The SMILES string of the molecule is Cc1ccc(S(=O)(=O)N(CC(=O)N/N=C\c2ccccc2Br)C2CCCCC2)cc1. The third kappa shape index (κ3) is 5.77. The van der Waals surface area contributed by atoms with Crippen LogP contribution in [0.15, 0.2) is 63.0 Å². The molecule has 0 aromatic heterocycles. The molecule has 2 aromatic carbocycles. The molecule has 0 spiro atoms. The Balaban J connectivity index is 1.76. The van der Waals surface area contributed by atoms with Gasteiger partial charge in [0.2, 0.25) is 10.0 Å². The normalized spacial score (nSPS) is 15.6. The first-order chi connectivity index (χ1) is 14.4. The minimum Gasteiger partial charge on any atom is -0.272 e. The predicted molar refractivity (Wildman–Crippen MR) is 122 cm³/mol. The van der Waals surface area contributed by atoms with Gasteiger partial charge in [-0.25, -0.2) is 13.8 Å². The van der Waals surface area contributed by atoms with Crippen LogP contribution in [0.5, 0.6) is 0 Å². The molecule has 1 saturated carbocycles. The molecule has 0 radical (unpaired) electrons. The highest BCUT2D eigenvalue weighted by molar-refractivity contribution is 9.10. The van der Waals surface area contributed by atoms with Crippen molar-refractivity contribution in [2.45, 2.75) is 50.0 Å². The van der Waals surface area contributed by atoms with Crippen molar-refractivity contribution in [1.82, 2.24) is 9.73 Å². The van der Waals surface area contributed by atoms with Crippen molar-refractivity contribution in [3.05, 3.63) is 64.1 Å². The third-order valence-corrected chi connectivity index (χ3v) is 7.84. The number of nitrogens with one attached hydrogen (secondary N) is 1. The standard InChI is InChI=1S/C22H26BrN3O3S/c1-17-11-13-20(14-12-17)30(28,29)26(19-8-3-2-4-9-19)16-22(27)25-24-15-18-7-5-6-10-21(18)23/h5-7,10-15,19H,2-4,8-9,16H2,1H3,(H,25,27)/b24-15-. The van der Waals surface area contributed by atoms with Crippen molar-refractivity contribution in [2.75, 3.05) is 6.54 Å². The van der Waals surface area contributed by atoms with Gasteiger partial charge in [0, 0.05) is 16.1 Å². The summed E-state index contributed by atoms with van der Waals surface area (Å²) in [4.78, 5) is 12.8. The fourth-order valence-electron chi connectivity index (χ4n) is 3.56. The minimum atomic E-state index is -3.78. The zero-order chi connectivity index (χ0) is 21.6. The Morgan fingerprint density at radius 1 is 1.13 bits per heavy atom. The average molecular weight is 492 g/mol. The van der Waals surface area contributed by atoms with E-state index >= 15 is 0 Å². The molecule has 2 aromatic rings. The van der Waals surface area contributed by atoms with Gasteiger partial charge in [0.25, 0.3) is 5.91 Å². The Morgan fingerprint density at radius 2 is 1.80 bits per heavy atom. The summed E-state index contributed by atoms with van der Waals surface area (Å²) in [5, 5.41) is 3.99.